The molecule has 0 radical (unpaired) electrons. The van der Waals surface area contributed by atoms with E-state index < -0.39 is 16.1 Å². The van der Waals surface area contributed by atoms with Crippen molar-refractivity contribution in [2.75, 3.05) is 0 Å². The topological polar surface area (TPSA) is 104 Å². The van der Waals surface area contributed by atoms with E-state index in [4.69, 9.17) is 0 Å². The van der Waals surface area contributed by atoms with Crippen LogP contribution in [0.1, 0.15) is 49.2 Å². The number of benzene rings is 1. The Balaban J connectivity index is 2.02. The molecule has 2 rings (SSSR count). The molecule has 0 aliphatic heterocycles. The number of sulfonamides is 1. The van der Waals surface area contributed by atoms with Crippen molar-refractivity contribution >= 4 is 33.2 Å². The summed E-state index contributed by atoms with van der Waals surface area (Å²) in [5.74, 6) is -0.583. The van der Waals surface area contributed by atoms with E-state index >= 15 is 0 Å². The molecule has 2 aromatic rings. The van der Waals surface area contributed by atoms with Crippen LogP contribution in [-0.4, -0.2) is 26.3 Å². The van der Waals surface area contributed by atoms with Crippen LogP contribution in [0.3, 0.4) is 0 Å². The number of hydrogen-bond acceptors (Lipinski definition) is 5. The van der Waals surface area contributed by atoms with E-state index in [1.54, 1.807) is 38.1 Å². The Morgan fingerprint density at radius 2 is 1.76 bits per heavy atom. The van der Waals surface area contributed by atoms with Gasteiger partial charge in [0.25, 0.3) is 0 Å². The van der Waals surface area contributed by atoms with E-state index in [-0.39, 0.29) is 36.6 Å². The summed E-state index contributed by atoms with van der Waals surface area (Å²) in [6, 6.07) is 10.3. The summed E-state index contributed by atoms with van der Waals surface area (Å²) in [6.07, 6.45) is 0.107. The summed E-state index contributed by atoms with van der Waals surface area (Å²) in [5.41, 5.74) is 1.37. The molecule has 0 spiro atoms. The van der Waals surface area contributed by atoms with Gasteiger partial charge in [0.2, 0.25) is 21.8 Å². The predicted molar refractivity (Wildman–Crippen MR) is 115 cm³/mol. The first-order chi connectivity index (χ1) is 13.7. The van der Waals surface area contributed by atoms with E-state index in [0.29, 0.717) is 5.56 Å². The molecule has 0 saturated carbocycles. The molecule has 1 aromatic heterocycles. The summed E-state index contributed by atoms with van der Waals surface area (Å²) >= 11 is 1.47. The molecular formula is C20H27N3O4S2. The number of rotatable bonds is 10. The Hall–Kier alpha value is -2.23. The molecule has 1 unspecified atom stereocenters. The highest BCUT2D eigenvalue weighted by Crippen LogP contribution is 2.22. The summed E-state index contributed by atoms with van der Waals surface area (Å²) in [4.78, 5) is 24.8. The van der Waals surface area contributed by atoms with Gasteiger partial charge in [0.05, 0.1) is 18.2 Å². The molecule has 1 atom stereocenters. The van der Waals surface area contributed by atoms with Gasteiger partial charge in [-0.1, -0.05) is 30.3 Å². The number of thiophene rings is 1. The molecule has 29 heavy (non-hydrogen) atoms. The van der Waals surface area contributed by atoms with Gasteiger partial charge in [0.1, 0.15) is 0 Å². The fourth-order valence-electron chi connectivity index (χ4n) is 2.89. The number of nitrogens with one attached hydrogen (secondary N) is 3. The lowest BCUT2D eigenvalue weighted by Gasteiger charge is -2.17. The molecule has 0 saturated heterocycles. The second-order valence-corrected chi connectivity index (χ2v) is 9.78. The van der Waals surface area contributed by atoms with Crippen molar-refractivity contribution in [1.82, 2.24) is 15.4 Å². The molecule has 9 heteroatoms. The second kappa shape index (κ2) is 10.5. The Labute approximate surface area is 176 Å². The zero-order valence-corrected chi connectivity index (χ0v) is 18.4. The first-order valence-corrected chi connectivity index (χ1v) is 11.8. The minimum atomic E-state index is -3.47. The smallest absolute Gasteiger partial charge is 0.222 e. The largest absolute Gasteiger partial charge is 0.352 e. The van der Waals surface area contributed by atoms with E-state index in [0.717, 1.165) is 10.4 Å². The maximum absolute atomic E-state index is 12.5. The van der Waals surface area contributed by atoms with Crippen molar-refractivity contribution in [3.63, 3.8) is 0 Å². The van der Waals surface area contributed by atoms with Crippen LogP contribution in [0, 0.1) is 0 Å². The van der Waals surface area contributed by atoms with Gasteiger partial charge in [0, 0.05) is 24.4 Å². The number of carbonyl (C=O) groups is 2. The lowest BCUT2D eigenvalue weighted by Crippen LogP contribution is -2.33. The SMILES string of the molecule is CC(=O)NC(CC(=O)NCc1ccccc1CS(=O)(=O)NC(C)C)c1cccs1. The highest BCUT2D eigenvalue weighted by atomic mass is 32.2. The maximum atomic E-state index is 12.5. The highest BCUT2D eigenvalue weighted by Gasteiger charge is 2.19. The standard InChI is InChI=1S/C20H27N3O4S2/c1-14(2)23-29(26,27)13-17-8-5-4-7-16(17)12-21-20(25)11-18(22-15(3)24)19-9-6-10-28-19/h4-10,14,18,23H,11-13H2,1-3H3,(H,21,25)(H,22,24). The lowest BCUT2D eigenvalue weighted by atomic mass is 10.1. The van der Waals surface area contributed by atoms with Crippen LogP contribution < -0.4 is 15.4 Å². The van der Waals surface area contributed by atoms with Gasteiger partial charge < -0.3 is 10.6 Å². The second-order valence-electron chi connectivity index (χ2n) is 7.05. The molecule has 0 aliphatic rings. The first-order valence-electron chi connectivity index (χ1n) is 9.30. The Morgan fingerprint density at radius 1 is 1.07 bits per heavy atom. The zero-order chi connectivity index (χ0) is 21.4. The Morgan fingerprint density at radius 3 is 2.34 bits per heavy atom. The predicted octanol–water partition coefficient (Wildman–Crippen LogP) is 2.46. The quantitative estimate of drug-likeness (QED) is 0.531. The van der Waals surface area contributed by atoms with Gasteiger partial charge in [-0.25, -0.2) is 13.1 Å². The molecule has 1 heterocycles. The van der Waals surface area contributed by atoms with Gasteiger partial charge in [-0.3, -0.25) is 9.59 Å². The van der Waals surface area contributed by atoms with Crippen molar-refractivity contribution in [1.29, 1.82) is 0 Å². The molecule has 0 bridgehead atoms. The van der Waals surface area contributed by atoms with E-state index in [1.165, 1.54) is 18.3 Å². The third kappa shape index (κ3) is 7.96. The Bertz CT molecular complexity index is 925. The van der Waals surface area contributed by atoms with Gasteiger partial charge in [-0.05, 0) is 36.4 Å². The summed E-state index contributed by atoms with van der Waals surface area (Å²) in [5, 5.41) is 7.52. The number of carbonyl (C=O) groups excluding carboxylic acids is 2. The maximum Gasteiger partial charge on any atom is 0.222 e. The van der Waals surface area contributed by atoms with Gasteiger partial charge in [-0.15, -0.1) is 11.3 Å². The minimum Gasteiger partial charge on any atom is -0.352 e. The Kier molecular flexibility index (Phi) is 8.36. The van der Waals surface area contributed by atoms with Crippen LogP contribution in [0.15, 0.2) is 41.8 Å². The van der Waals surface area contributed by atoms with Gasteiger partial charge in [0.15, 0.2) is 0 Å². The molecule has 3 N–H and O–H groups in total. The molecular weight excluding hydrogens is 410 g/mol. The minimum absolute atomic E-state index is 0.107. The van der Waals surface area contributed by atoms with Gasteiger partial charge >= 0.3 is 0 Å². The van der Waals surface area contributed by atoms with Crippen LogP contribution in [0.2, 0.25) is 0 Å². The fourth-order valence-corrected chi connectivity index (χ4v) is 5.16. The van der Waals surface area contributed by atoms with E-state index in [9.17, 15) is 18.0 Å². The van der Waals surface area contributed by atoms with Crippen LogP contribution in [0.5, 0.6) is 0 Å². The van der Waals surface area contributed by atoms with Crippen molar-refractivity contribution < 1.29 is 18.0 Å². The monoisotopic (exact) mass is 437 g/mol. The molecule has 158 valence electrons. The number of amides is 2. The first kappa shape index (κ1) is 23.1. The van der Waals surface area contributed by atoms with Crippen LogP contribution in [-0.2, 0) is 31.9 Å². The van der Waals surface area contributed by atoms with Crippen molar-refractivity contribution in [2.45, 2.75) is 51.6 Å². The van der Waals surface area contributed by atoms with Gasteiger partial charge in [-0.2, -0.15) is 0 Å². The fraction of sp³-hybridized carbons (Fsp3) is 0.400. The highest BCUT2D eigenvalue weighted by molar-refractivity contribution is 7.88. The molecule has 1 aromatic carbocycles. The van der Waals surface area contributed by atoms with Crippen LogP contribution in [0.4, 0.5) is 0 Å². The number of hydrogen-bond donors (Lipinski definition) is 3. The van der Waals surface area contributed by atoms with E-state index in [1.807, 2.05) is 17.5 Å². The average molecular weight is 438 g/mol. The molecule has 2 amide bonds. The van der Waals surface area contributed by atoms with Crippen molar-refractivity contribution in [3.8, 4) is 0 Å². The van der Waals surface area contributed by atoms with Crippen LogP contribution >= 0.6 is 11.3 Å². The van der Waals surface area contributed by atoms with E-state index in [2.05, 4.69) is 15.4 Å². The summed E-state index contributed by atoms with van der Waals surface area (Å²) in [7, 11) is -3.47. The lowest BCUT2D eigenvalue weighted by molar-refractivity contribution is -0.122. The average Bonchev–Trinajstić information content (AvgIpc) is 3.13. The third-order valence-electron chi connectivity index (χ3n) is 4.01. The molecule has 7 nitrogen and oxygen atoms in total. The molecule has 0 aliphatic carbocycles. The summed E-state index contributed by atoms with van der Waals surface area (Å²) in [6.45, 7) is 5.16. The molecule has 0 fully saturated rings. The normalized spacial score (nSPS) is 12.6. The van der Waals surface area contributed by atoms with Crippen molar-refractivity contribution in [2.24, 2.45) is 0 Å². The third-order valence-corrected chi connectivity index (χ3v) is 6.52. The zero-order valence-electron chi connectivity index (χ0n) is 16.8. The van der Waals surface area contributed by atoms with Crippen LogP contribution in [0.25, 0.3) is 0 Å². The van der Waals surface area contributed by atoms with Crippen molar-refractivity contribution in [3.05, 3.63) is 57.8 Å². The summed E-state index contributed by atoms with van der Waals surface area (Å²) < 4.78 is 27.1.